The molecule has 8 nitrogen and oxygen atoms in total. The molecule has 4 heterocycles. The predicted molar refractivity (Wildman–Crippen MR) is 124 cm³/mol. The summed E-state index contributed by atoms with van der Waals surface area (Å²) in [7, 11) is 1.57. The van der Waals surface area contributed by atoms with Gasteiger partial charge in [0.05, 0.1) is 30.5 Å². The van der Waals surface area contributed by atoms with Gasteiger partial charge in [-0.3, -0.25) is 0 Å². The quantitative estimate of drug-likeness (QED) is 0.432. The minimum Gasteiger partial charge on any atom is -0.479 e. The van der Waals surface area contributed by atoms with Gasteiger partial charge in [-0.2, -0.15) is 4.98 Å². The number of aryl methyl sites for hydroxylation is 2. The molecule has 0 aliphatic carbocycles. The molecule has 4 aromatic rings. The van der Waals surface area contributed by atoms with Gasteiger partial charge in [-0.15, -0.1) is 5.10 Å². The van der Waals surface area contributed by atoms with Crippen LogP contribution in [0.2, 0.25) is 0 Å². The number of methoxy groups -OCH3 is 1. The standard InChI is InChI=1S/C24H23F2N7O/c1-15-13-31(14-27-15)21-8-5-18(28-23(21)34-3)6-9-22-29-24-32(30-22)11-10-16(2)33(24)20-7-4-17(25)12-19(20)26/h4-9,12-14,16H,10-11H2,1-3H3/t16-/m1/s1. The van der Waals surface area contributed by atoms with Crippen LogP contribution in [0, 0.1) is 18.6 Å². The van der Waals surface area contributed by atoms with E-state index in [0.717, 1.165) is 23.9 Å². The maximum Gasteiger partial charge on any atom is 0.238 e. The Morgan fingerprint density at radius 1 is 1.09 bits per heavy atom. The van der Waals surface area contributed by atoms with Gasteiger partial charge in [-0.05, 0) is 56.7 Å². The summed E-state index contributed by atoms with van der Waals surface area (Å²) in [5.74, 6) is 0.188. The Balaban J connectivity index is 1.44. The van der Waals surface area contributed by atoms with E-state index < -0.39 is 11.6 Å². The first-order valence-corrected chi connectivity index (χ1v) is 10.9. The summed E-state index contributed by atoms with van der Waals surface area (Å²) in [6, 6.07) is 7.31. The first-order valence-electron chi connectivity index (χ1n) is 10.9. The molecule has 0 unspecified atom stereocenters. The number of ether oxygens (including phenoxy) is 1. The third kappa shape index (κ3) is 4.02. The Kier molecular flexibility index (Phi) is 5.56. The Hall–Kier alpha value is -4.08. The smallest absolute Gasteiger partial charge is 0.238 e. The molecule has 3 aromatic heterocycles. The van der Waals surface area contributed by atoms with Crippen LogP contribution < -0.4 is 9.64 Å². The zero-order chi connectivity index (χ0) is 23.8. The molecule has 0 bridgehead atoms. The Labute approximate surface area is 195 Å². The summed E-state index contributed by atoms with van der Waals surface area (Å²) in [5, 5.41) is 4.54. The van der Waals surface area contributed by atoms with Crippen LogP contribution in [0.4, 0.5) is 20.4 Å². The number of benzene rings is 1. The minimum absolute atomic E-state index is 0.0150. The highest BCUT2D eigenvalue weighted by Gasteiger charge is 2.29. The number of fused-ring (bicyclic) bond motifs is 1. The molecule has 1 aromatic carbocycles. The van der Waals surface area contributed by atoms with E-state index in [2.05, 4.69) is 20.1 Å². The Morgan fingerprint density at radius 3 is 2.65 bits per heavy atom. The van der Waals surface area contributed by atoms with Crippen molar-refractivity contribution < 1.29 is 13.5 Å². The van der Waals surface area contributed by atoms with Crippen molar-refractivity contribution in [3.05, 3.63) is 71.7 Å². The van der Waals surface area contributed by atoms with E-state index in [1.807, 2.05) is 36.7 Å². The van der Waals surface area contributed by atoms with E-state index in [4.69, 9.17) is 4.74 Å². The Bertz CT molecular complexity index is 1380. The van der Waals surface area contributed by atoms with Gasteiger partial charge in [0.2, 0.25) is 11.8 Å². The second-order valence-electron chi connectivity index (χ2n) is 8.12. The zero-order valence-corrected chi connectivity index (χ0v) is 19.0. The van der Waals surface area contributed by atoms with E-state index in [0.29, 0.717) is 29.9 Å². The molecule has 1 atom stereocenters. The third-order valence-electron chi connectivity index (χ3n) is 5.70. The fourth-order valence-electron chi connectivity index (χ4n) is 4.01. The number of aromatic nitrogens is 6. The molecule has 34 heavy (non-hydrogen) atoms. The molecule has 0 fully saturated rings. The van der Waals surface area contributed by atoms with Crippen LogP contribution in [0.3, 0.4) is 0 Å². The summed E-state index contributed by atoms with van der Waals surface area (Å²) >= 11 is 0. The van der Waals surface area contributed by atoms with E-state index in [1.165, 1.54) is 12.1 Å². The highest BCUT2D eigenvalue weighted by Crippen LogP contribution is 2.34. The van der Waals surface area contributed by atoms with Crippen LogP contribution in [-0.4, -0.2) is 42.5 Å². The molecule has 0 saturated heterocycles. The normalized spacial score (nSPS) is 15.7. The number of imidazole rings is 1. The second kappa shape index (κ2) is 8.69. The van der Waals surface area contributed by atoms with E-state index in [1.54, 1.807) is 35.2 Å². The summed E-state index contributed by atoms with van der Waals surface area (Å²) in [6.45, 7) is 4.55. The van der Waals surface area contributed by atoms with Crippen molar-refractivity contribution >= 4 is 23.8 Å². The summed E-state index contributed by atoms with van der Waals surface area (Å²) in [6.07, 6.45) is 7.90. The van der Waals surface area contributed by atoms with Crippen LogP contribution >= 0.6 is 0 Å². The van der Waals surface area contributed by atoms with Crippen molar-refractivity contribution in [3.63, 3.8) is 0 Å². The van der Waals surface area contributed by atoms with Crippen molar-refractivity contribution in [2.24, 2.45) is 0 Å². The van der Waals surface area contributed by atoms with Crippen LogP contribution in [0.5, 0.6) is 5.88 Å². The minimum atomic E-state index is -0.634. The first-order chi connectivity index (χ1) is 16.4. The molecular formula is C24H23F2N7O. The van der Waals surface area contributed by atoms with Crippen LogP contribution in [0.25, 0.3) is 17.8 Å². The van der Waals surface area contributed by atoms with Gasteiger partial charge in [0.25, 0.3) is 0 Å². The summed E-state index contributed by atoms with van der Waals surface area (Å²) in [5.41, 5.74) is 2.61. The molecule has 1 aliphatic heterocycles. The molecule has 0 saturated carbocycles. The predicted octanol–water partition coefficient (Wildman–Crippen LogP) is 4.55. The lowest BCUT2D eigenvalue weighted by atomic mass is 10.1. The van der Waals surface area contributed by atoms with Crippen molar-refractivity contribution in [1.82, 2.24) is 29.3 Å². The number of hydrogen-bond donors (Lipinski definition) is 0. The van der Waals surface area contributed by atoms with Gasteiger partial charge in [0.1, 0.15) is 17.3 Å². The van der Waals surface area contributed by atoms with Crippen molar-refractivity contribution in [2.75, 3.05) is 12.0 Å². The fourth-order valence-corrected chi connectivity index (χ4v) is 4.01. The maximum absolute atomic E-state index is 14.5. The highest BCUT2D eigenvalue weighted by molar-refractivity contribution is 5.67. The highest BCUT2D eigenvalue weighted by atomic mass is 19.1. The SMILES string of the molecule is COc1nc(C=Cc2nc3n(n2)CC[C@@H](C)N3c2ccc(F)cc2F)ccc1-n1cnc(C)c1. The molecule has 0 amide bonds. The number of anilines is 2. The number of rotatable bonds is 5. The lowest BCUT2D eigenvalue weighted by molar-refractivity contribution is 0.395. The fraction of sp³-hybridized carbons (Fsp3) is 0.250. The number of nitrogens with zero attached hydrogens (tertiary/aromatic N) is 7. The monoisotopic (exact) mass is 463 g/mol. The molecule has 10 heteroatoms. The summed E-state index contributed by atoms with van der Waals surface area (Å²) < 4.78 is 37.0. The second-order valence-corrected chi connectivity index (χ2v) is 8.12. The zero-order valence-electron chi connectivity index (χ0n) is 19.0. The van der Waals surface area contributed by atoms with E-state index in [-0.39, 0.29) is 11.7 Å². The number of hydrogen-bond acceptors (Lipinski definition) is 6. The van der Waals surface area contributed by atoms with Gasteiger partial charge in [0, 0.05) is 24.8 Å². The van der Waals surface area contributed by atoms with E-state index >= 15 is 0 Å². The lowest BCUT2D eigenvalue weighted by Gasteiger charge is -2.34. The average molecular weight is 463 g/mol. The van der Waals surface area contributed by atoms with Crippen molar-refractivity contribution in [3.8, 4) is 11.6 Å². The van der Waals surface area contributed by atoms with Crippen molar-refractivity contribution in [1.29, 1.82) is 0 Å². The van der Waals surface area contributed by atoms with Crippen LogP contribution in [0.1, 0.15) is 30.6 Å². The molecule has 1 aliphatic rings. The topological polar surface area (TPSA) is 73.9 Å². The van der Waals surface area contributed by atoms with Gasteiger partial charge in [0.15, 0.2) is 5.82 Å². The van der Waals surface area contributed by atoms with Crippen LogP contribution in [-0.2, 0) is 6.54 Å². The molecule has 0 spiro atoms. The third-order valence-corrected chi connectivity index (χ3v) is 5.70. The molecule has 0 N–H and O–H groups in total. The van der Waals surface area contributed by atoms with Gasteiger partial charge < -0.3 is 14.2 Å². The maximum atomic E-state index is 14.5. The summed E-state index contributed by atoms with van der Waals surface area (Å²) in [4.78, 5) is 15.2. The first kappa shape index (κ1) is 21.7. The largest absolute Gasteiger partial charge is 0.479 e. The van der Waals surface area contributed by atoms with Crippen molar-refractivity contribution in [2.45, 2.75) is 32.9 Å². The van der Waals surface area contributed by atoms with E-state index in [9.17, 15) is 8.78 Å². The Morgan fingerprint density at radius 2 is 1.91 bits per heavy atom. The van der Waals surface area contributed by atoms with Gasteiger partial charge in [-0.25, -0.2) is 23.4 Å². The average Bonchev–Trinajstić information content (AvgIpc) is 3.44. The molecule has 0 radical (unpaired) electrons. The van der Waals surface area contributed by atoms with Crippen LogP contribution in [0.15, 0.2) is 42.9 Å². The molecular weight excluding hydrogens is 440 g/mol. The number of halogens is 2. The molecule has 5 rings (SSSR count). The van der Waals surface area contributed by atoms with Gasteiger partial charge >= 0.3 is 0 Å². The molecule has 174 valence electrons. The lowest BCUT2D eigenvalue weighted by Crippen LogP contribution is -2.36. The van der Waals surface area contributed by atoms with Gasteiger partial charge in [-0.1, -0.05) is 0 Å². The number of pyridine rings is 1.